The average Bonchev–Trinajstić information content (AvgIpc) is 2.84. The summed E-state index contributed by atoms with van der Waals surface area (Å²) in [6.45, 7) is 14.4. The third kappa shape index (κ3) is 3.61. The lowest BCUT2D eigenvalue weighted by Gasteiger charge is -2.37. The fourth-order valence-corrected chi connectivity index (χ4v) is 3.26. The third-order valence-corrected chi connectivity index (χ3v) is 4.42. The molecular weight excluding hydrogens is 248 g/mol. The van der Waals surface area contributed by atoms with Crippen molar-refractivity contribution in [2.45, 2.75) is 59.7 Å². The maximum absolute atomic E-state index is 4.65. The van der Waals surface area contributed by atoms with Gasteiger partial charge in [0.25, 0.3) is 0 Å². The molecule has 0 radical (unpaired) electrons. The molecular formula is C16H30N4. The molecule has 1 aromatic heterocycles. The van der Waals surface area contributed by atoms with E-state index in [9.17, 15) is 0 Å². The molecule has 0 saturated carbocycles. The molecule has 1 aliphatic heterocycles. The van der Waals surface area contributed by atoms with Gasteiger partial charge < -0.3 is 5.32 Å². The molecule has 1 fully saturated rings. The Kier molecular flexibility index (Phi) is 5.61. The van der Waals surface area contributed by atoms with Crippen LogP contribution in [-0.4, -0.2) is 40.4 Å². The van der Waals surface area contributed by atoms with E-state index in [1.807, 2.05) is 0 Å². The predicted octanol–water partition coefficient (Wildman–Crippen LogP) is 2.29. The second-order valence-corrected chi connectivity index (χ2v) is 5.96. The van der Waals surface area contributed by atoms with Crippen molar-refractivity contribution in [3.05, 3.63) is 17.5 Å². The van der Waals surface area contributed by atoms with Crippen LogP contribution in [0.3, 0.4) is 0 Å². The first-order chi connectivity index (χ1) is 9.67. The molecule has 0 bridgehead atoms. The zero-order chi connectivity index (χ0) is 14.5. The number of hydrogen-bond acceptors (Lipinski definition) is 3. The van der Waals surface area contributed by atoms with Gasteiger partial charge >= 0.3 is 0 Å². The van der Waals surface area contributed by atoms with Crippen molar-refractivity contribution in [1.29, 1.82) is 0 Å². The molecule has 2 atom stereocenters. The summed E-state index contributed by atoms with van der Waals surface area (Å²) in [5.41, 5.74) is 2.59. The fourth-order valence-electron chi connectivity index (χ4n) is 3.26. The van der Waals surface area contributed by atoms with E-state index in [2.05, 4.69) is 53.8 Å². The minimum absolute atomic E-state index is 0.693. The van der Waals surface area contributed by atoms with Gasteiger partial charge in [0.15, 0.2) is 0 Å². The van der Waals surface area contributed by atoms with Crippen molar-refractivity contribution < 1.29 is 0 Å². The largest absolute Gasteiger partial charge is 0.314 e. The van der Waals surface area contributed by atoms with Gasteiger partial charge in [-0.25, -0.2) is 0 Å². The second-order valence-electron chi connectivity index (χ2n) is 5.96. The molecule has 0 amide bonds. The predicted molar refractivity (Wildman–Crippen MR) is 83.8 cm³/mol. The van der Waals surface area contributed by atoms with Gasteiger partial charge in [-0.05, 0) is 38.3 Å². The van der Waals surface area contributed by atoms with Crippen LogP contribution in [0, 0.1) is 5.92 Å². The maximum atomic E-state index is 4.65. The van der Waals surface area contributed by atoms with Crippen LogP contribution in [0.2, 0.25) is 0 Å². The quantitative estimate of drug-likeness (QED) is 0.866. The van der Waals surface area contributed by atoms with E-state index in [1.165, 1.54) is 30.9 Å². The Morgan fingerprint density at radius 3 is 2.75 bits per heavy atom. The van der Waals surface area contributed by atoms with Crippen molar-refractivity contribution in [3.63, 3.8) is 0 Å². The van der Waals surface area contributed by atoms with Crippen molar-refractivity contribution in [3.8, 4) is 0 Å². The molecule has 2 rings (SSSR count). The first kappa shape index (κ1) is 15.5. The Labute approximate surface area is 123 Å². The summed E-state index contributed by atoms with van der Waals surface area (Å²) >= 11 is 0. The molecule has 20 heavy (non-hydrogen) atoms. The van der Waals surface area contributed by atoms with Crippen molar-refractivity contribution in [2.75, 3.05) is 19.6 Å². The van der Waals surface area contributed by atoms with Crippen molar-refractivity contribution >= 4 is 0 Å². The highest BCUT2D eigenvalue weighted by molar-refractivity contribution is 5.10. The highest BCUT2D eigenvalue weighted by atomic mass is 15.3. The van der Waals surface area contributed by atoms with Crippen molar-refractivity contribution in [1.82, 2.24) is 20.0 Å². The number of hydrogen-bond donors (Lipinski definition) is 1. The highest BCUT2D eigenvalue weighted by Gasteiger charge is 2.25. The van der Waals surface area contributed by atoms with E-state index in [0.717, 1.165) is 32.0 Å². The van der Waals surface area contributed by atoms with Crippen LogP contribution < -0.4 is 5.32 Å². The van der Waals surface area contributed by atoms with Crippen LogP contribution in [0.1, 0.15) is 45.5 Å². The van der Waals surface area contributed by atoms with Crippen LogP contribution >= 0.6 is 0 Å². The SMILES string of the molecule is CCNC1CCN(Cc2cc(CC)nn2CC)CC1C. The Balaban J connectivity index is 1.96. The number of nitrogens with one attached hydrogen (secondary N) is 1. The van der Waals surface area contributed by atoms with Gasteiger partial charge in [0.1, 0.15) is 0 Å². The Hall–Kier alpha value is -0.870. The van der Waals surface area contributed by atoms with E-state index in [4.69, 9.17) is 0 Å². The Morgan fingerprint density at radius 1 is 1.35 bits per heavy atom. The molecule has 2 unspecified atom stereocenters. The maximum Gasteiger partial charge on any atom is 0.0625 e. The molecule has 114 valence electrons. The fraction of sp³-hybridized carbons (Fsp3) is 0.812. The average molecular weight is 278 g/mol. The summed E-state index contributed by atoms with van der Waals surface area (Å²) in [5, 5.41) is 8.26. The third-order valence-electron chi connectivity index (χ3n) is 4.42. The second kappa shape index (κ2) is 7.23. The highest BCUT2D eigenvalue weighted by Crippen LogP contribution is 2.19. The van der Waals surface area contributed by atoms with Crippen LogP contribution in [0.5, 0.6) is 0 Å². The molecule has 2 heterocycles. The summed E-state index contributed by atoms with van der Waals surface area (Å²) in [5.74, 6) is 0.729. The topological polar surface area (TPSA) is 33.1 Å². The molecule has 1 N–H and O–H groups in total. The molecule has 0 aliphatic carbocycles. The van der Waals surface area contributed by atoms with Gasteiger partial charge in [-0.1, -0.05) is 20.8 Å². The number of aryl methyl sites for hydroxylation is 2. The van der Waals surface area contributed by atoms with E-state index in [0.29, 0.717) is 6.04 Å². The molecule has 0 spiro atoms. The summed E-state index contributed by atoms with van der Waals surface area (Å²) in [6, 6.07) is 2.98. The minimum atomic E-state index is 0.693. The number of aromatic nitrogens is 2. The van der Waals surface area contributed by atoms with Crippen LogP contribution in [0.25, 0.3) is 0 Å². The molecule has 1 aliphatic rings. The minimum Gasteiger partial charge on any atom is -0.314 e. The van der Waals surface area contributed by atoms with Crippen LogP contribution in [0.4, 0.5) is 0 Å². The van der Waals surface area contributed by atoms with Gasteiger partial charge in [0.2, 0.25) is 0 Å². The molecule has 4 nitrogen and oxygen atoms in total. The smallest absolute Gasteiger partial charge is 0.0625 e. The molecule has 4 heteroatoms. The van der Waals surface area contributed by atoms with Crippen LogP contribution in [0.15, 0.2) is 6.07 Å². The zero-order valence-electron chi connectivity index (χ0n) is 13.5. The first-order valence-corrected chi connectivity index (χ1v) is 8.19. The van der Waals surface area contributed by atoms with Gasteiger partial charge in [0, 0.05) is 32.2 Å². The van der Waals surface area contributed by atoms with Gasteiger partial charge in [-0.15, -0.1) is 0 Å². The van der Waals surface area contributed by atoms with Crippen LogP contribution in [-0.2, 0) is 19.5 Å². The summed E-state index contributed by atoms with van der Waals surface area (Å²) < 4.78 is 2.17. The lowest BCUT2D eigenvalue weighted by Crippen LogP contribution is -2.48. The van der Waals surface area contributed by atoms with E-state index in [-0.39, 0.29) is 0 Å². The normalized spacial score (nSPS) is 24.2. The van der Waals surface area contributed by atoms with Crippen molar-refractivity contribution in [2.24, 2.45) is 5.92 Å². The molecule has 1 aromatic rings. The monoisotopic (exact) mass is 278 g/mol. The van der Waals surface area contributed by atoms with Gasteiger partial charge in [-0.2, -0.15) is 5.10 Å². The number of nitrogens with zero attached hydrogens (tertiary/aromatic N) is 3. The van der Waals surface area contributed by atoms with E-state index >= 15 is 0 Å². The zero-order valence-corrected chi connectivity index (χ0v) is 13.5. The Morgan fingerprint density at radius 2 is 2.15 bits per heavy atom. The molecule has 0 aromatic carbocycles. The summed E-state index contributed by atoms with van der Waals surface area (Å²) in [4.78, 5) is 2.58. The summed E-state index contributed by atoms with van der Waals surface area (Å²) in [7, 11) is 0. The van der Waals surface area contributed by atoms with Gasteiger partial charge in [-0.3, -0.25) is 9.58 Å². The lowest BCUT2D eigenvalue weighted by atomic mass is 9.93. The first-order valence-electron chi connectivity index (χ1n) is 8.19. The molecule has 1 saturated heterocycles. The Bertz CT molecular complexity index is 413. The standard InChI is InChI=1S/C16H30N4/c1-5-14-10-15(20(7-3)18-14)12-19-9-8-16(17-6-2)13(4)11-19/h10,13,16-17H,5-9,11-12H2,1-4H3. The van der Waals surface area contributed by atoms with E-state index in [1.54, 1.807) is 0 Å². The lowest BCUT2D eigenvalue weighted by molar-refractivity contribution is 0.139. The summed E-state index contributed by atoms with van der Waals surface area (Å²) in [6.07, 6.45) is 2.29. The van der Waals surface area contributed by atoms with Gasteiger partial charge in [0.05, 0.1) is 11.4 Å². The van der Waals surface area contributed by atoms with E-state index < -0.39 is 0 Å². The number of rotatable bonds is 6. The number of likely N-dealkylation sites (tertiary alicyclic amines) is 1. The number of piperidine rings is 1.